The van der Waals surface area contributed by atoms with E-state index in [2.05, 4.69) is 94.7 Å². The smallest absolute Gasteiger partial charge is 0.0723 e. The van der Waals surface area contributed by atoms with Gasteiger partial charge in [-0.3, -0.25) is 0 Å². The van der Waals surface area contributed by atoms with Crippen LogP contribution in [0, 0.1) is 94.7 Å². The van der Waals surface area contributed by atoms with Crippen LogP contribution in [0.3, 0.4) is 0 Å². The monoisotopic (exact) mass is 248 g/mol. The average molecular weight is 248 g/mol. The molecule has 0 nitrogen and oxygen atoms in total. The van der Waals surface area contributed by atoms with Crippen LogP contribution in [0.5, 0.6) is 0 Å². The quantitative estimate of drug-likeness (QED) is 0.571. The van der Waals surface area contributed by atoms with Gasteiger partial charge in [0, 0.05) is 0 Å². The maximum absolute atomic E-state index is 2.82. The predicted molar refractivity (Wildman–Crippen MR) is 80.7 cm³/mol. The maximum atomic E-state index is 2.82. The van der Waals surface area contributed by atoms with Crippen LogP contribution in [-0.2, 0) is 0 Å². The molecule has 0 aromatic rings. The lowest BCUT2D eigenvalue weighted by Gasteiger charge is -1.70. The lowest BCUT2D eigenvalue weighted by atomic mass is 10.3. The van der Waals surface area contributed by atoms with Crippen LogP contribution in [0.2, 0.25) is 0 Å². The predicted octanol–water partition coefficient (Wildman–Crippen LogP) is 1.59. The Hall–Kier alpha value is -3.52. The van der Waals surface area contributed by atoms with Gasteiger partial charge in [0.05, 0.1) is 25.7 Å². The highest BCUT2D eigenvalue weighted by molar-refractivity contribution is 5.35. The Morgan fingerprint density at radius 1 is 0.250 bits per heavy atom. The van der Waals surface area contributed by atoms with Gasteiger partial charge in [-0.25, -0.2) is 0 Å². The maximum Gasteiger partial charge on any atom is 0.0723 e. The second-order valence-electron chi connectivity index (χ2n) is 3.12. The fourth-order valence-corrected chi connectivity index (χ4v) is 0.884. The third-order valence-electron chi connectivity index (χ3n) is 1.66. The van der Waals surface area contributed by atoms with E-state index in [1.165, 1.54) is 0 Å². The molecular formula is C20H8. The van der Waals surface area contributed by atoms with Gasteiger partial charge in [0.1, 0.15) is 0 Å². The molecule has 0 aliphatic heterocycles. The highest BCUT2D eigenvalue weighted by Gasteiger charge is 1.68. The van der Waals surface area contributed by atoms with Gasteiger partial charge in [-0.05, 0) is 47.4 Å². The van der Waals surface area contributed by atoms with Gasteiger partial charge in [0.15, 0.2) is 0 Å². The first-order valence-electron chi connectivity index (χ1n) is 5.83. The lowest BCUT2D eigenvalue weighted by Crippen LogP contribution is -1.64. The Morgan fingerprint density at radius 3 is 0.550 bits per heavy atom. The first-order valence-corrected chi connectivity index (χ1v) is 5.83. The molecule has 1 aliphatic carbocycles. The van der Waals surface area contributed by atoms with Gasteiger partial charge in [-0.1, -0.05) is 47.4 Å². The molecule has 0 spiro atoms. The highest BCUT2D eigenvalue weighted by atomic mass is 13.7. The van der Waals surface area contributed by atoms with Crippen LogP contribution < -0.4 is 0 Å². The standard InChI is InChI=1S/C20H8/c1-2-4-6-8-10-12-14-16-18-20-19-17-15-13-11-9-7-5-3-1/h1,10-11,20H2. The summed E-state index contributed by atoms with van der Waals surface area (Å²) in [6.07, 6.45) is 1.82. The topological polar surface area (TPSA) is 0 Å². The summed E-state index contributed by atoms with van der Waals surface area (Å²) >= 11 is 0. The van der Waals surface area contributed by atoms with Gasteiger partial charge < -0.3 is 0 Å². The van der Waals surface area contributed by atoms with Gasteiger partial charge in [-0.15, -0.1) is 0 Å². The minimum Gasteiger partial charge on any atom is -0.0760 e. The van der Waals surface area contributed by atoms with Crippen LogP contribution in [0.25, 0.3) is 0 Å². The Morgan fingerprint density at radius 2 is 0.400 bits per heavy atom. The van der Waals surface area contributed by atoms with Crippen LogP contribution >= 0.6 is 0 Å². The molecule has 1 rings (SSSR count). The Kier molecular flexibility index (Phi) is 8.69. The van der Waals surface area contributed by atoms with Gasteiger partial charge in [0.2, 0.25) is 0 Å². The molecule has 0 N–H and O–H groups in total. The van der Waals surface area contributed by atoms with Gasteiger partial charge in [0.25, 0.3) is 0 Å². The second kappa shape index (κ2) is 12.0. The molecule has 0 heterocycles. The van der Waals surface area contributed by atoms with Crippen molar-refractivity contribution in [3.05, 3.63) is 0 Å². The van der Waals surface area contributed by atoms with E-state index in [0.29, 0.717) is 25.7 Å². The normalized spacial score (nSPS) is 11.2. The van der Waals surface area contributed by atoms with Crippen molar-refractivity contribution in [1.82, 2.24) is 0 Å². The molecule has 0 saturated heterocycles. The van der Waals surface area contributed by atoms with Crippen LogP contribution in [0.15, 0.2) is 0 Å². The third-order valence-corrected chi connectivity index (χ3v) is 1.66. The molecular weight excluding hydrogens is 240 g/mol. The zero-order chi connectivity index (χ0) is 14.1. The van der Waals surface area contributed by atoms with E-state index in [-0.39, 0.29) is 0 Å². The van der Waals surface area contributed by atoms with Crippen molar-refractivity contribution in [3.8, 4) is 94.7 Å². The fraction of sp³-hybridized carbons (Fsp3) is 0.200. The van der Waals surface area contributed by atoms with Crippen molar-refractivity contribution in [2.45, 2.75) is 25.7 Å². The van der Waals surface area contributed by atoms with Crippen molar-refractivity contribution >= 4 is 0 Å². The number of hydrogen-bond acceptors (Lipinski definition) is 0. The first-order chi connectivity index (χ1) is 10.0. The molecule has 0 bridgehead atoms. The molecule has 0 heteroatoms. The number of rotatable bonds is 0. The minimum absolute atomic E-state index is 0.456. The minimum atomic E-state index is 0.456. The Bertz CT molecular complexity index is 612. The average Bonchev–Trinajstić information content (AvgIpc) is 2.46. The molecule has 0 unspecified atom stereocenters. The molecule has 0 saturated carbocycles. The molecule has 88 valence electrons. The van der Waals surface area contributed by atoms with E-state index in [1.54, 1.807) is 0 Å². The molecule has 0 atom stereocenters. The summed E-state index contributed by atoms with van der Waals surface area (Å²) in [5, 5.41) is 0. The summed E-state index contributed by atoms with van der Waals surface area (Å²) in [5.41, 5.74) is 0. The van der Waals surface area contributed by atoms with Crippen LogP contribution in [0.4, 0.5) is 0 Å². The van der Waals surface area contributed by atoms with Gasteiger partial charge in [-0.2, -0.15) is 0 Å². The van der Waals surface area contributed by atoms with Crippen molar-refractivity contribution < 1.29 is 0 Å². The van der Waals surface area contributed by atoms with E-state index in [9.17, 15) is 0 Å². The Balaban J connectivity index is 2.73. The largest absolute Gasteiger partial charge is 0.0760 e. The summed E-state index contributed by atoms with van der Waals surface area (Å²) in [7, 11) is 0. The van der Waals surface area contributed by atoms with Crippen molar-refractivity contribution in [3.63, 3.8) is 0 Å². The third kappa shape index (κ3) is 9.69. The fourth-order valence-electron chi connectivity index (χ4n) is 0.884. The highest BCUT2D eigenvalue weighted by Crippen LogP contribution is 1.74. The van der Waals surface area contributed by atoms with Gasteiger partial charge >= 0.3 is 0 Å². The summed E-state index contributed by atoms with van der Waals surface area (Å²) in [6.45, 7) is 0. The number of hydrogen-bond donors (Lipinski definition) is 0. The summed E-state index contributed by atoms with van der Waals surface area (Å²) in [5.74, 6) is 44.2. The summed E-state index contributed by atoms with van der Waals surface area (Å²) in [6, 6.07) is 0. The molecule has 0 amide bonds. The lowest BCUT2D eigenvalue weighted by molar-refractivity contribution is 1.55. The molecule has 20 heavy (non-hydrogen) atoms. The van der Waals surface area contributed by atoms with E-state index >= 15 is 0 Å². The first kappa shape index (κ1) is 14.5. The van der Waals surface area contributed by atoms with Crippen LogP contribution in [0.1, 0.15) is 25.7 Å². The SMILES string of the molecule is C1#CCC#CC#CCC#CC#CCC#CC#CCC#C1. The molecule has 1 aliphatic rings. The molecule has 0 aromatic carbocycles. The van der Waals surface area contributed by atoms with Crippen molar-refractivity contribution in [2.75, 3.05) is 0 Å². The second-order valence-corrected chi connectivity index (χ2v) is 3.12. The molecule has 0 fully saturated rings. The van der Waals surface area contributed by atoms with Crippen molar-refractivity contribution in [2.24, 2.45) is 0 Å². The molecule has 0 aromatic heterocycles. The molecule has 0 radical (unpaired) electrons. The van der Waals surface area contributed by atoms with E-state index < -0.39 is 0 Å². The Labute approximate surface area is 121 Å². The summed E-state index contributed by atoms with van der Waals surface area (Å²) < 4.78 is 0. The van der Waals surface area contributed by atoms with E-state index in [0.717, 1.165) is 0 Å². The van der Waals surface area contributed by atoms with E-state index in [1.807, 2.05) is 0 Å². The van der Waals surface area contributed by atoms with Crippen molar-refractivity contribution in [1.29, 1.82) is 0 Å². The summed E-state index contributed by atoms with van der Waals surface area (Å²) in [4.78, 5) is 0. The van der Waals surface area contributed by atoms with E-state index in [4.69, 9.17) is 0 Å². The van der Waals surface area contributed by atoms with Crippen LogP contribution in [-0.4, -0.2) is 0 Å². The zero-order valence-corrected chi connectivity index (χ0v) is 10.8. The zero-order valence-electron chi connectivity index (χ0n) is 10.8.